The third kappa shape index (κ3) is 3.42. The molecule has 0 spiro atoms. The molecule has 0 saturated heterocycles. The molecule has 0 N–H and O–H groups in total. The molecule has 2 rings (SSSR count). The number of allylic oxidation sites excluding steroid dienone is 2. The average molecular weight is 226 g/mol. The van der Waals surface area contributed by atoms with Crippen LogP contribution in [0.25, 0.3) is 12.2 Å². The topological polar surface area (TPSA) is 17.1 Å². The third-order valence-corrected chi connectivity index (χ3v) is 3.01. The van der Waals surface area contributed by atoms with E-state index in [9.17, 15) is 4.79 Å². The summed E-state index contributed by atoms with van der Waals surface area (Å²) in [6.07, 6.45) is 12.4. The monoisotopic (exact) mass is 226 g/mol. The van der Waals surface area contributed by atoms with E-state index in [1.54, 1.807) is 6.92 Å². The number of hydrogen-bond acceptors (Lipinski definition) is 1. The van der Waals surface area contributed by atoms with Crippen molar-refractivity contribution in [2.45, 2.75) is 32.6 Å². The van der Waals surface area contributed by atoms with Gasteiger partial charge in [0.2, 0.25) is 0 Å². The van der Waals surface area contributed by atoms with Gasteiger partial charge < -0.3 is 4.79 Å². The number of benzene rings is 1. The molecule has 0 fully saturated rings. The predicted octanol–water partition coefficient (Wildman–Crippen LogP) is 4.03. The van der Waals surface area contributed by atoms with Gasteiger partial charge in [0, 0.05) is 6.42 Å². The lowest BCUT2D eigenvalue weighted by molar-refractivity contribution is -0.117. The molecule has 0 unspecified atom stereocenters. The predicted molar refractivity (Wildman–Crippen MR) is 72.7 cm³/mol. The summed E-state index contributed by atoms with van der Waals surface area (Å²) in [6, 6.07) is 6.58. The molecule has 0 atom stereocenters. The minimum absolute atomic E-state index is 0.280. The van der Waals surface area contributed by atoms with E-state index in [0.717, 1.165) is 19.3 Å². The van der Waals surface area contributed by atoms with E-state index in [-0.39, 0.29) is 5.78 Å². The van der Waals surface area contributed by atoms with Crippen LogP contribution in [-0.4, -0.2) is 5.78 Å². The molecule has 0 aromatic heterocycles. The standard InChI is InChI=1S/C16H18O/c1-13(17)6-5-7-14-10-11-15-8-3-2-4-9-16(15)12-14/h3-4,8-12H,2,5-7H2,1H3. The summed E-state index contributed by atoms with van der Waals surface area (Å²) in [5.41, 5.74) is 3.90. The van der Waals surface area contributed by atoms with Crippen molar-refractivity contribution < 1.29 is 4.79 Å². The zero-order valence-corrected chi connectivity index (χ0v) is 10.3. The first-order valence-electron chi connectivity index (χ1n) is 6.21. The first kappa shape index (κ1) is 11.8. The highest BCUT2D eigenvalue weighted by Gasteiger charge is 2.02. The van der Waals surface area contributed by atoms with Crippen LogP contribution in [0.4, 0.5) is 0 Å². The molecular weight excluding hydrogens is 208 g/mol. The number of carbonyl (C=O) groups is 1. The molecule has 17 heavy (non-hydrogen) atoms. The van der Waals surface area contributed by atoms with Crippen LogP contribution in [0.5, 0.6) is 0 Å². The number of rotatable bonds is 4. The Bertz CT molecular complexity index is 466. The highest BCUT2D eigenvalue weighted by atomic mass is 16.1. The molecule has 0 saturated carbocycles. The van der Waals surface area contributed by atoms with Gasteiger partial charge in [0.1, 0.15) is 5.78 Å². The summed E-state index contributed by atoms with van der Waals surface area (Å²) < 4.78 is 0. The van der Waals surface area contributed by atoms with Gasteiger partial charge in [-0.15, -0.1) is 0 Å². The van der Waals surface area contributed by atoms with Crippen LogP contribution in [0.15, 0.2) is 30.4 Å². The number of fused-ring (bicyclic) bond motifs is 1. The van der Waals surface area contributed by atoms with Crippen molar-refractivity contribution in [2.24, 2.45) is 0 Å². The zero-order chi connectivity index (χ0) is 12.1. The second-order valence-corrected chi connectivity index (χ2v) is 4.56. The molecule has 0 amide bonds. The van der Waals surface area contributed by atoms with Gasteiger partial charge in [0.05, 0.1) is 0 Å². The molecule has 0 aliphatic heterocycles. The Morgan fingerprint density at radius 3 is 2.71 bits per heavy atom. The minimum atomic E-state index is 0.280. The van der Waals surface area contributed by atoms with Crippen molar-refractivity contribution in [3.63, 3.8) is 0 Å². The lowest BCUT2D eigenvalue weighted by Gasteiger charge is -2.05. The van der Waals surface area contributed by atoms with Crippen LogP contribution in [0.3, 0.4) is 0 Å². The Balaban J connectivity index is 2.08. The van der Waals surface area contributed by atoms with Crippen LogP contribution in [-0.2, 0) is 11.2 Å². The quantitative estimate of drug-likeness (QED) is 0.757. The normalized spacial score (nSPS) is 13.2. The van der Waals surface area contributed by atoms with E-state index in [4.69, 9.17) is 0 Å². The maximum absolute atomic E-state index is 10.9. The SMILES string of the molecule is CC(=O)CCCc1ccc2c(c1)C=CCC=C2. The number of hydrogen-bond donors (Lipinski definition) is 0. The van der Waals surface area contributed by atoms with E-state index < -0.39 is 0 Å². The fourth-order valence-corrected chi connectivity index (χ4v) is 2.09. The first-order valence-corrected chi connectivity index (χ1v) is 6.21. The van der Waals surface area contributed by atoms with Gasteiger partial charge in [-0.05, 0) is 42.9 Å². The van der Waals surface area contributed by atoms with Crippen LogP contribution in [0.1, 0.15) is 42.9 Å². The Kier molecular flexibility index (Phi) is 3.92. The van der Waals surface area contributed by atoms with E-state index in [0.29, 0.717) is 6.42 Å². The number of carbonyl (C=O) groups excluding carboxylic acids is 1. The summed E-state index contributed by atoms with van der Waals surface area (Å²) in [5.74, 6) is 0.280. The highest BCUT2D eigenvalue weighted by Crippen LogP contribution is 2.20. The molecule has 88 valence electrons. The van der Waals surface area contributed by atoms with Crippen molar-refractivity contribution in [3.05, 3.63) is 47.0 Å². The summed E-state index contributed by atoms with van der Waals surface area (Å²) in [6.45, 7) is 1.66. The lowest BCUT2D eigenvalue weighted by atomic mass is 10.00. The van der Waals surface area contributed by atoms with Crippen LogP contribution in [0, 0.1) is 0 Å². The van der Waals surface area contributed by atoms with Gasteiger partial charge >= 0.3 is 0 Å². The summed E-state index contributed by atoms with van der Waals surface area (Å²) in [7, 11) is 0. The highest BCUT2D eigenvalue weighted by molar-refractivity contribution is 5.75. The van der Waals surface area contributed by atoms with Crippen LogP contribution < -0.4 is 0 Å². The molecule has 0 heterocycles. The Labute approximate surface area is 103 Å². The molecule has 1 aliphatic carbocycles. The van der Waals surface area contributed by atoms with Crippen molar-refractivity contribution in [3.8, 4) is 0 Å². The summed E-state index contributed by atoms with van der Waals surface area (Å²) in [4.78, 5) is 10.9. The van der Waals surface area contributed by atoms with Gasteiger partial charge in [-0.25, -0.2) is 0 Å². The maximum Gasteiger partial charge on any atom is 0.129 e. The first-order chi connectivity index (χ1) is 8.25. The van der Waals surface area contributed by atoms with Crippen molar-refractivity contribution >= 4 is 17.9 Å². The second-order valence-electron chi connectivity index (χ2n) is 4.56. The van der Waals surface area contributed by atoms with Gasteiger partial charge in [-0.2, -0.15) is 0 Å². The lowest BCUT2D eigenvalue weighted by Crippen LogP contribution is -1.93. The minimum Gasteiger partial charge on any atom is -0.300 e. The van der Waals surface area contributed by atoms with Crippen molar-refractivity contribution in [1.29, 1.82) is 0 Å². The Hall–Kier alpha value is -1.63. The molecule has 1 nitrogen and oxygen atoms in total. The van der Waals surface area contributed by atoms with E-state index in [1.807, 2.05) is 0 Å². The Morgan fingerprint density at radius 1 is 1.18 bits per heavy atom. The average Bonchev–Trinajstić information content (AvgIpc) is 2.53. The van der Waals surface area contributed by atoms with Crippen molar-refractivity contribution in [2.75, 3.05) is 0 Å². The zero-order valence-electron chi connectivity index (χ0n) is 10.3. The molecule has 0 radical (unpaired) electrons. The Morgan fingerprint density at radius 2 is 1.94 bits per heavy atom. The smallest absolute Gasteiger partial charge is 0.129 e. The molecular formula is C16H18O. The molecule has 1 aromatic rings. The van der Waals surface area contributed by atoms with E-state index in [2.05, 4.69) is 42.5 Å². The number of ketones is 1. The van der Waals surface area contributed by atoms with E-state index in [1.165, 1.54) is 16.7 Å². The molecule has 1 aliphatic rings. The van der Waals surface area contributed by atoms with Crippen LogP contribution in [0.2, 0.25) is 0 Å². The van der Waals surface area contributed by atoms with Crippen LogP contribution >= 0.6 is 0 Å². The van der Waals surface area contributed by atoms with Gasteiger partial charge in [0.25, 0.3) is 0 Å². The number of aryl methyl sites for hydroxylation is 1. The van der Waals surface area contributed by atoms with E-state index >= 15 is 0 Å². The van der Waals surface area contributed by atoms with Crippen molar-refractivity contribution in [1.82, 2.24) is 0 Å². The second kappa shape index (κ2) is 5.62. The van der Waals surface area contributed by atoms with Gasteiger partial charge in [0.15, 0.2) is 0 Å². The fraction of sp³-hybridized carbons (Fsp3) is 0.312. The third-order valence-electron chi connectivity index (χ3n) is 3.01. The fourth-order valence-electron chi connectivity index (χ4n) is 2.09. The van der Waals surface area contributed by atoms with Gasteiger partial charge in [-0.1, -0.05) is 42.5 Å². The maximum atomic E-state index is 10.9. The largest absolute Gasteiger partial charge is 0.300 e. The molecule has 1 heteroatoms. The summed E-state index contributed by atoms with van der Waals surface area (Å²) >= 11 is 0. The molecule has 1 aromatic carbocycles. The molecule has 0 bridgehead atoms. The summed E-state index contributed by atoms with van der Waals surface area (Å²) in [5, 5.41) is 0. The van der Waals surface area contributed by atoms with Gasteiger partial charge in [-0.3, -0.25) is 0 Å². The number of Topliss-reactive ketones (excluding diaryl/α,β-unsaturated/α-hetero) is 1.